The van der Waals surface area contributed by atoms with Crippen LogP contribution < -0.4 is 5.73 Å². The number of unbranched alkanes of at least 4 members (excludes halogenated alkanes) is 43. The molecule has 0 aromatic rings. The number of allylic oxidation sites excluding steroid dienone is 18. The van der Waals surface area contributed by atoms with Crippen LogP contribution >= 0.6 is 7.82 Å². The van der Waals surface area contributed by atoms with Crippen LogP contribution in [0.4, 0.5) is 0 Å². The number of carbonyl (C=O) groups excluding carboxylic acids is 2. The summed E-state index contributed by atoms with van der Waals surface area (Å²) in [5.41, 5.74) is 5.41. The van der Waals surface area contributed by atoms with E-state index >= 15 is 0 Å². The van der Waals surface area contributed by atoms with Gasteiger partial charge in [0.2, 0.25) is 0 Å². The molecular weight excluding hydrogens is 1170 g/mol. The van der Waals surface area contributed by atoms with Crippen LogP contribution in [-0.2, 0) is 32.7 Å². The fourth-order valence-corrected chi connectivity index (χ4v) is 12.1. The van der Waals surface area contributed by atoms with Crippen LogP contribution in [0.25, 0.3) is 0 Å². The Morgan fingerprint density at radius 2 is 0.591 bits per heavy atom. The molecule has 0 aliphatic rings. The highest BCUT2D eigenvalue weighted by atomic mass is 31.2. The van der Waals surface area contributed by atoms with E-state index in [9.17, 15) is 19.0 Å². The second-order valence-electron chi connectivity index (χ2n) is 26.2. The zero-order valence-corrected chi connectivity index (χ0v) is 61.6. The zero-order chi connectivity index (χ0) is 67.2. The molecule has 93 heavy (non-hydrogen) atoms. The quantitative estimate of drug-likeness (QED) is 0.0264. The summed E-state index contributed by atoms with van der Waals surface area (Å²) in [6, 6.07) is 0. The standard InChI is InChI=1S/C83H148NO8P/c1-3-5-7-9-11-13-15-17-19-21-23-25-27-29-31-33-35-37-39-40-42-43-45-47-49-51-53-55-57-59-61-63-65-67-69-71-73-75-82(85)89-79-81(80-91-93(87,88)90-78-77-84)92-83(86)76-74-72-70-68-66-64-62-60-58-56-54-52-50-48-46-44-41-38-36-34-32-30-28-26-24-22-20-18-16-14-12-10-8-6-4-2/h6,8,12,14,18,20-21,23-24,26,30,32,36,38,44,46,50,52,81H,3-5,7,9-11,13,15-17,19,22,25,27-29,31,33-35,37,39-43,45,47-49,51,53-80,84H2,1-2H3,(H,87,88)/b8-6-,14-12-,20-18-,23-21-,26-24-,32-30-,38-36-,46-44-,52-50-. The summed E-state index contributed by atoms with van der Waals surface area (Å²) in [5, 5.41) is 0. The highest BCUT2D eigenvalue weighted by Gasteiger charge is 2.26. The van der Waals surface area contributed by atoms with Gasteiger partial charge in [-0.15, -0.1) is 0 Å². The van der Waals surface area contributed by atoms with Gasteiger partial charge in [0.05, 0.1) is 13.2 Å². The van der Waals surface area contributed by atoms with E-state index in [2.05, 4.69) is 123 Å². The number of ether oxygens (including phenoxy) is 2. The van der Waals surface area contributed by atoms with Crippen molar-refractivity contribution in [1.82, 2.24) is 0 Å². The fraction of sp³-hybridized carbons (Fsp3) is 0.759. The lowest BCUT2D eigenvalue weighted by molar-refractivity contribution is -0.161. The molecule has 538 valence electrons. The average molecular weight is 1320 g/mol. The maximum absolute atomic E-state index is 12.8. The van der Waals surface area contributed by atoms with Crippen LogP contribution in [0.5, 0.6) is 0 Å². The van der Waals surface area contributed by atoms with E-state index in [0.717, 1.165) is 96.3 Å². The van der Waals surface area contributed by atoms with Crippen molar-refractivity contribution in [2.75, 3.05) is 26.4 Å². The molecule has 0 heterocycles. The largest absolute Gasteiger partial charge is 0.472 e. The van der Waals surface area contributed by atoms with Crippen molar-refractivity contribution in [1.29, 1.82) is 0 Å². The number of nitrogens with two attached hydrogens (primary N) is 1. The minimum atomic E-state index is -4.40. The minimum absolute atomic E-state index is 0.0499. The highest BCUT2D eigenvalue weighted by molar-refractivity contribution is 7.47. The Morgan fingerprint density at radius 3 is 0.892 bits per heavy atom. The van der Waals surface area contributed by atoms with Crippen LogP contribution in [-0.4, -0.2) is 49.3 Å². The number of phosphoric ester groups is 1. The molecule has 0 radical (unpaired) electrons. The second-order valence-corrected chi connectivity index (χ2v) is 27.7. The number of esters is 2. The molecule has 0 amide bonds. The lowest BCUT2D eigenvalue weighted by Gasteiger charge is -2.19. The maximum Gasteiger partial charge on any atom is 0.472 e. The van der Waals surface area contributed by atoms with E-state index in [0.29, 0.717) is 6.42 Å². The number of carbonyl (C=O) groups is 2. The summed E-state index contributed by atoms with van der Waals surface area (Å²) in [4.78, 5) is 35.5. The van der Waals surface area contributed by atoms with Gasteiger partial charge in [0.1, 0.15) is 6.61 Å². The molecule has 0 rings (SSSR count). The maximum atomic E-state index is 12.8. The molecule has 0 saturated heterocycles. The van der Waals surface area contributed by atoms with Gasteiger partial charge in [-0.05, 0) is 103 Å². The smallest absolute Gasteiger partial charge is 0.462 e. The summed E-state index contributed by atoms with van der Waals surface area (Å²) < 4.78 is 33.3. The van der Waals surface area contributed by atoms with Gasteiger partial charge in [0, 0.05) is 19.4 Å². The first-order valence-electron chi connectivity index (χ1n) is 39.4. The third kappa shape index (κ3) is 77.6. The molecular formula is C83H148NO8P. The Bertz CT molecular complexity index is 1900. The summed E-state index contributed by atoms with van der Waals surface area (Å²) in [6.45, 7) is 3.67. The van der Waals surface area contributed by atoms with E-state index in [4.69, 9.17) is 24.3 Å². The Labute approximate surface area is 575 Å². The third-order valence-electron chi connectivity index (χ3n) is 17.1. The van der Waals surface area contributed by atoms with E-state index in [1.807, 2.05) is 0 Å². The first-order valence-corrected chi connectivity index (χ1v) is 40.9. The van der Waals surface area contributed by atoms with E-state index in [1.165, 1.54) is 244 Å². The molecule has 0 saturated carbocycles. The summed E-state index contributed by atoms with van der Waals surface area (Å²) in [6.07, 6.45) is 108. The SMILES string of the molecule is CC/C=C\C/C=C\C/C=C\C/C=C\C/C=C\C/C=C\C/C=C\C/C=C\CCCCCCCCCCCCC(=O)OC(COC(=O)CCCCCCCCCCCCCCCCCCCCCCCCCCC/C=C\CCCCCCCCCC)COP(=O)(O)OCCN. The van der Waals surface area contributed by atoms with Crippen molar-refractivity contribution in [2.45, 2.75) is 380 Å². The van der Waals surface area contributed by atoms with Gasteiger partial charge < -0.3 is 20.1 Å². The van der Waals surface area contributed by atoms with E-state index < -0.39 is 26.5 Å². The number of rotatable bonds is 74. The van der Waals surface area contributed by atoms with Gasteiger partial charge in [-0.1, -0.05) is 367 Å². The van der Waals surface area contributed by atoms with Gasteiger partial charge >= 0.3 is 19.8 Å². The predicted molar refractivity (Wildman–Crippen MR) is 404 cm³/mol. The monoisotopic (exact) mass is 1320 g/mol. The van der Waals surface area contributed by atoms with Gasteiger partial charge in [-0.25, -0.2) is 4.57 Å². The normalized spacial score (nSPS) is 13.5. The van der Waals surface area contributed by atoms with Crippen molar-refractivity contribution in [3.05, 3.63) is 109 Å². The summed E-state index contributed by atoms with van der Waals surface area (Å²) in [7, 11) is -4.40. The Kier molecular flexibility index (Phi) is 74.9. The van der Waals surface area contributed by atoms with Crippen LogP contribution in [0.1, 0.15) is 373 Å². The predicted octanol–water partition coefficient (Wildman–Crippen LogP) is 26.4. The molecule has 0 aromatic carbocycles. The minimum Gasteiger partial charge on any atom is -0.462 e. The number of phosphoric acid groups is 1. The topological polar surface area (TPSA) is 134 Å². The summed E-state index contributed by atoms with van der Waals surface area (Å²) in [5.74, 6) is -0.822. The Hall–Kier alpha value is -3.33. The molecule has 0 aliphatic heterocycles. The van der Waals surface area contributed by atoms with Crippen LogP contribution in [0.15, 0.2) is 109 Å². The average Bonchev–Trinajstić information content (AvgIpc) is 3.70. The molecule has 9 nitrogen and oxygen atoms in total. The number of hydrogen-bond acceptors (Lipinski definition) is 8. The zero-order valence-electron chi connectivity index (χ0n) is 60.7. The molecule has 0 aliphatic carbocycles. The van der Waals surface area contributed by atoms with Crippen molar-refractivity contribution in [2.24, 2.45) is 5.73 Å². The first kappa shape index (κ1) is 89.7. The molecule has 0 aromatic heterocycles. The van der Waals surface area contributed by atoms with Crippen molar-refractivity contribution in [3.63, 3.8) is 0 Å². The highest BCUT2D eigenvalue weighted by Crippen LogP contribution is 2.43. The fourth-order valence-electron chi connectivity index (χ4n) is 11.4. The van der Waals surface area contributed by atoms with Gasteiger partial charge in [0.25, 0.3) is 0 Å². The van der Waals surface area contributed by atoms with Crippen molar-refractivity contribution >= 4 is 19.8 Å². The molecule has 10 heteroatoms. The molecule has 2 atom stereocenters. The summed E-state index contributed by atoms with van der Waals surface area (Å²) >= 11 is 0. The Morgan fingerprint density at radius 1 is 0.333 bits per heavy atom. The first-order chi connectivity index (χ1) is 45.8. The number of hydrogen-bond donors (Lipinski definition) is 2. The lowest BCUT2D eigenvalue weighted by atomic mass is 10.0. The lowest BCUT2D eigenvalue weighted by Crippen LogP contribution is -2.29. The van der Waals surface area contributed by atoms with Gasteiger partial charge in [-0.3, -0.25) is 18.6 Å². The molecule has 0 spiro atoms. The molecule has 0 bridgehead atoms. The third-order valence-corrected chi connectivity index (χ3v) is 18.1. The molecule has 3 N–H and O–H groups in total. The van der Waals surface area contributed by atoms with Crippen LogP contribution in [0, 0.1) is 0 Å². The van der Waals surface area contributed by atoms with Crippen LogP contribution in [0.3, 0.4) is 0 Å². The van der Waals surface area contributed by atoms with Crippen molar-refractivity contribution in [3.8, 4) is 0 Å². The van der Waals surface area contributed by atoms with E-state index in [-0.39, 0.29) is 38.6 Å². The molecule has 0 fully saturated rings. The molecule has 2 unspecified atom stereocenters. The van der Waals surface area contributed by atoms with E-state index in [1.54, 1.807) is 0 Å². The Balaban J connectivity index is 3.83. The van der Waals surface area contributed by atoms with Gasteiger partial charge in [-0.2, -0.15) is 0 Å². The van der Waals surface area contributed by atoms with Gasteiger partial charge in [0.15, 0.2) is 6.10 Å². The second kappa shape index (κ2) is 77.7. The van der Waals surface area contributed by atoms with Crippen LogP contribution in [0.2, 0.25) is 0 Å². The van der Waals surface area contributed by atoms with Crippen molar-refractivity contribution < 1.29 is 37.6 Å².